The molecule has 15 heavy (non-hydrogen) atoms. The minimum atomic E-state index is 0.872. The Labute approximate surface area is 95.4 Å². The maximum absolute atomic E-state index is 3.38. The molecule has 1 fully saturated rings. The molecular weight excluding hydrogens is 184 g/mol. The lowest BCUT2D eigenvalue weighted by atomic mass is 9.95. The third-order valence-corrected chi connectivity index (χ3v) is 3.58. The van der Waals surface area contributed by atoms with E-state index in [0.717, 1.165) is 18.4 Å². The minimum Gasteiger partial charge on any atom is -0.317 e. The molecule has 0 aromatic heterocycles. The summed E-state index contributed by atoms with van der Waals surface area (Å²) < 4.78 is 0. The van der Waals surface area contributed by atoms with Gasteiger partial charge in [0.15, 0.2) is 0 Å². The monoisotopic (exact) mass is 212 g/mol. The van der Waals surface area contributed by atoms with E-state index in [0.29, 0.717) is 0 Å². The van der Waals surface area contributed by atoms with Crippen LogP contribution in [0.1, 0.15) is 40.0 Å². The highest BCUT2D eigenvalue weighted by atomic mass is 15.1. The van der Waals surface area contributed by atoms with Gasteiger partial charge in [0.25, 0.3) is 0 Å². The summed E-state index contributed by atoms with van der Waals surface area (Å²) in [6.45, 7) is 13.2. The molecule has 1 aliphatic rings. The van der Waals surface area contributed by atoms with Crippen LogP contribution >= 0.6 is 0 Å². The molecule has 1 rings (SSSR count). The molecule has 0 spiro atoms. The van der Waals surface area contributed by atoms with Crippen molar-refractivity contribution in [2.45, 2.75) is 40.0 Å². The normalized spacial score (nSPS) is 22.8. The molecule has 1 heterocycles. The van der Waals surface area contributed by atoms with Gasteiger partial charge in [0.1, 0.15) is 0 Å². The van der Waals surface area contributed by atoms with Gasteiger partial charge in [-0.3, -0.25) is 0 Å². The SMILES string of the molecule is CCNCCCCN1CCC(C(C)C)C1. The Morgan fingerprint density at radius 3 is 2.73 bits per heavy atom. The van der Waals surface area contributed by atoms with Crippen molar-refractivity contribution in [2.24, 2.45) is 11.8 Å². The van der Waals surface area contributed by atoms with Gasteiger partial charge in [-0.05, 0) is 57.3 Å². The summed E-state index contributed by atoms with van der Waals surface area (Å²) in [7, 11) is 0. The predicted octanol–water partition coefficient (Wildman–Crippen LogP) is 2.35. The van der Waals surface area contributed by atoms with Crippen molar-refractivity contribution in [1.29, 1.82) is 0 Å². The van der Waals surface area contributed by atoms with Crippen molar-refractivity contribution in [3.05, 3.63) is 0 Å². The molecule has 0 radical (unpaired) electrons. The molecule has 90 valence electrons. The second kappa shape index (κ2) is 7.24. The van der Waals surface area contributed by atoms with Crippen molar-refractivity contribution in [3.8, 4) is 0 Å². The lowest BCUT2D eigenvalue weighted by Crippen LogP contribution is -2.24. The Balaban J connectivity index is 1.99. The lowest BCUT2D eigenvalue weighted by Gasteiger charge is -2.17. The Bertz CT molecular complexity index is 157. The smallest absolute Gasteiger partial charge is 0.00126 e. The van der Waals surface area contributed by atoms with E-state index in [9.17, 15) is 0 Å². The molecule has 0 saturated carbocycles. The van der Waals surface area contributed by atoms with Gasteiger partial charge in [-0.2, -0.15) is 0 Å². The third kappa shape index (κ3) is 4.98. The number of rotatable bonds is 7. The summed E-state index contributed by atoms with van der Waals surface area (Å²) in [6, 6.07) is 0. The van der Waals surface area contributed by atoms with Crippen LogP contribution in [0.15, 0.2) is 0 Å². The molecule has 1 unspecified atom stereocenters. The number of unbranched alkanes of at least 4 members (excludes halogenated alkanes) is 1. The van der Waals surface area contributed by atoms with Crippen LogP contribution in [0.4, 0.5) is 0 Å². The number of nitrogens with one attached hydrogen (secondary N) is 1. The molecule has 1 aliphatic heterocycles. The maximum Gasteiger partial charge on any atom is 0.00126 e. The summed E-state index contributed by atoms with van der Waals surface area (Å²) >= 11 is 0. The molecule has 0 bridgehead atoms. The van der Waals surface area contributed by atoms with Gasteiger partial charge in [0.05, 0.1) is 0 Å². The van der Waals surface area contributed by atoms with Crippen LogP contribution in [-0.4, -0.2) is 37.6 Å². The van der Waals surface area contributed by atoms with Crippen molar-refractivity contribution < 1.29 is 0 Å². The zero-order valence-electron chi connectivity index (χ0n) is 10.8. The number of hydrogen-bond acceptors (Lipinski definition) is 2. The van der Waals surface area contributed by atoms with E-state index in [4.69, 9.17) is 0 Å². The number of nitrogens with zero attached hydrogens (tertiary/aromatic N) is 1. The average molecular weight is 212 g/mol. The zero-order valence-corrected chi connectivity index (χ0v) is 10.8. The molecule has 1 atom stereocenters. The van der Waals surface area contributed by atoms with E-state index in [1.807, 2.05) is 0 Å². The second-order valence-electron chi connectivity index (χ2n) is 5.15. The van der Waals surface area contributed by atoms with Crippen LogP contribution in [0.3, 0.4) is 0 Å². The van der Waals surface area contributed by atoms with Crippen molar-refractivity contribution in [2.75, 3.05) is 32.7 Å². The minimum absolute atomic E-state index is 0.872. The van der Waals surface area contributed by atoms with Crippen molar-refractivity contribution in [3.63, 3.8) is 0 Å². The van der Waals surface area contributed by atoms with Crippen LogP contribution in [0, 0.1) is 11.8 Å². The molecule has 2 heteroatoms. The maximum atomic E-state index is 3.38. The molecular formula is C13H28N2. The van der Waals surface area contributed by atoms with Crippen LogP contribution in [0.2, 0.25) is 0 Å². The molecule has 0 amide bonds. The summed E-state index contributed by atoms with van der Waals surface area (Å²) in [5.74, 6) is 1.83. The second-order valence-corrected chi connectivity index (χ2v) is 5.15. The first kappa shape index (κ1) is 13.0. The van der Waals surface area contributed by atoms with Crippen LogP contribution in [-0.2, 0) is 0 Å². The Hall–Kier alpha value is -0.0800. The molecule has 0 aliphatic carbocycles. The number of hydrogen-bond donors (Lipinski definition) is 1. The Kier molecular flexibility index (Phi) is 6.26. The quantitative estimate of drug-likeness (QED) is 0.652. The standard InChI is InChI=1S/C13H28N2/c1-4-14-8-5-6-9-15-10-7-13(11-15)12(2)3/h12-14H,4-11H2,1-3H3. The lowest BCUT2D eigenvalue weighted by molar-refractivity contribution is 0.297. The molecule has 2 nitrogen and oxygen atoms in total. The van der Waals surface area contributed by atoms with Gasteiger partial charge in [0, 0.05) is 6.54 Å². The molecule has 0 aromatic rings. The van der Waals surface area contributed by atoms with E-state index >= 15 is 0 Å². The van der Waals surface area contributed by atoms with Crippen LogP contribution in [0.5, 0.6) is 0 Å². The van der Waals surface area contributed by atoms with Crippen LogP contribution < -0.4 is 5.32 Å². The van der Waals surface area contributed by atoms with Crippen molar-refractivity contribution >= 4 is 0 Å². The first-order valence-corrected chi connectivity index (χ1v) is 6.67. The van der Waals surface area contributed by atoms with E-state index < -0.39 is 0 Å². The zero-order chi connectivity index (χ0) is 11.1. The highest BCUT2D eigenvalue weighted by Crippen LogP contribution is 2.23. The summed E-state index contributed by atoms with van der Waals surface area (Å²) in [6.07, 6.45) is 4.11. The van der Waals surface area contributed by atoms with E-state index in [-0.39, 0.29) is 0 Å². The summed E-state index contributed by atoms with van der Waals surface area (Å²) in [4.78, 5) is 2.65. The van der Waals surface area contributed by atoms with E-state index in [1.165, 1.54) is 45.4 Å². The summed E-state index contributed by atoms with van der Waals surface area (Å²) in [5, 5.41) is 3.38. The van der Waals surface area contributed by atoms with Gasteiger partial charge in [-0.25, -0.2) is 0 Å². The van der Waals surface area contributed by atoms with Gasteiger partial charge in [-0.1, -0.05) is 20.8 Å². The van der Waals surface area contributed by atoms with Gasteiger partial charge >= 0.3 is 0 Å². The fourth-order valence-corrected chi connectivity index (χ4v) is 2.37. The fourth-order valence-electron chi connectivity index (χ4n) is 2.37. The van der Waals surface area contributed by atoms with Gasteiger partial charge < -0.3 is 10.2 Å². The van der Waals surface area contributed by atoms with E-state index in [1.54, 1.807) is 0 Å². The Morgan fingerprint density at radius 1 is 1.33 bits per heavy atom. The van der Waals surface area contributed by atoms with Gasteiger partial charge in [-0.15, -0.1) is 0 Å². The largest absolute Gasteiger partial charge is 0.317 e. The molecule has 0 aromatic carbocycles. The molecule has 1 N–H and O–H groups in total. The first-order valence-electron chi connectivity index (χ1n) is 6.67. The highest BCUT2D eigenvalue weighted by Gasteiger charge is 2.23. The summed E-state index contributed by atoms with van der Waals surface area (Å²) in [5.41, 5.74) is 0. The first-order chi connectivity index (χ1) is 7.24. The van der Waals surface area contributed by atoms with E-state index in [2.05, 4.69) is 31.0 Å². The third-order valence-electron chi connectivity index (χ3n) is 3.58. The van der Waals surface area contributed by atoms with Crippen LogP contribution in [0.25, 0.3) is 0 Å². The average Bonchev–Trinajstić information content (AvgIpc) is 2.66. The van der Waals surface area contributed by atoms with Crippen molar-refractivity contribution in [1.82, 2.24) is 10.2 Å². The molecule has 1 saturated heterocycles. The van der Waals surface area contributed by atoms with Gasteiger partial charge in [0.2, 0.25) is 0 Å². The predicted molar refractivity (Wildman–Crippen MR) is 67.2 cm³/mol. The topological polar surface area (TPSA) is 15.3 Å². The number of likely N-dealkylation sites (tertiary alicyclic amines) is 1. The fraction of sp³-hybridized carbons (Fsp3) is 1.00. The Morgan fingerprint density at radius 2 is 2.13 bits per heavy atom. The highest BCUT2D eigenvalue weighted by molar-refractivity contribution is 4.77.